The molecular weight excluding hydrogens is 238 g/mol. The van der Waals surface area contributed by atoms with E-state index >= 15 is 0 Å². The molecule has 94 valence electrons. The van der Waals surface area contributed by atoms with Crippen LogP contribution in [0.3, 0.4) is 0 Å². The molecule has 0 aromatic carbocycles. The molecule has 0 amide bonds. The zero-order chi connectivity index (χ0) is 12.3. The molecule has 1 aliphatic heterocycles. The fourth-order valence-electron chi connectivity index (χ4n) is 1.95. The van der Waals surface area contributed by atoms with Gasteiger partial charge in [-0.2, -0.15) is 0 Å². The lowest BCUT2D eigenvalue weighted by atomic mass is 10.3. The molecule has 1 N–H and O–H groups in total. The van der Waals surface area contributed by atoms with Gasteiger partial charge in [0.15, 0.2) is 0 Å². The van der Waals surface area contributed by atoms with E-state index in [1.807, 2.05) is 0 Å². The van der Waals surface area contributed by atoms with Gasteiger partial charge in [0.2, 0.25) is 10.0 Å². The fourth-order valence-corrected chi connectivity index (χ4v) is 3.36. The van der Waals surface area contributed by atoms with Crippen LogP contribution < -0.4 is 9.62 Å². The maximum absolute atomic E-state index is 12.1. The van der Waals surface area contributed by atoms with Crippen molar-refractivity contribution in [1.82, 2.24) is 10.3 Å². The quantitative estimate of drug-likeness (QED) is 0.856. The van der Waals surface area contributed by atoms with Gasteiger partial charge in [-0.05, 0) is 31.5 Å². The third-order valence-corrected chi connectivity index (χ3v) is 4.81. The summed E-state index contributed by atoms with van der Waals surface area (Å²) in [5.41, 5.74) is 0. The molecule has 1 atom stereocenters. The first-order valence-corrected chi connectivity index (χ1v) is 7.31. The third-order valence-electron chi connectivity index (χ3n) is 2.96. The molecule has 2 rings (SSSR count). The summed E-state index contributed by atoms with van der Waals surface area (Å²) in [7, 11) is -1.74. The Kier molecular flexibility index (Phi) is 3.63. The van der Waals surface area contributed by atoms with Crippen molar-refractivity contribution in [2.75, 3.05) is 23.7 Å². The van der Waals surface area contributed by atoms with Crippen LogP contribution >= 0.6 is 0 Å². The number of aromatic nitrogens is 1. The summed E-state index contributed by atoms with van der Waals surface area (Å²) in [6, 6.07) is 5.32. The second-order valence-corrected chi connectivity index (χ2v) is 6.27. The van der Waals surface area contributed by atoms with Crippen LogP contribution in [-0.2, 0) is 10.0 Å². The van der Waals surface area contributed by atoms with Gasteiger partial charge in [-0.25, -0.2) is 13.4 Å². The van der Waals surface area contributed by atoms with Gasteiger partial charge in [0.1, 0.15) is 5.82 Å². The van der Waals surface area contributed by atoms with E-state index in [1.165, 1.54) is 4.31 Å². The summed E-state index contributed by atoms with van der Waals surface area (Å²) in [6.07, 6.45) is 3.57. The summed E-state index contributed by atoms with van der Waals surface area (Å²) >= 11 is 0. The maximum atomic E-state index is 12.1. The SMILES string of the molecule is CN(c1ccccn1)S(=O)(=O)CC1CCCN1. The molecule has 6 heteroatoms. The van der Waals surface area contributed by atoms with Crippen LogP contribution in [0, 0.1) is 0 Å². The summed E-state index contributed by atoms with van der Waals surface area (Å²) < 4.78 is 25.5. The minimum Gasteiger partial charge on any atom is -0.313 e. The molecule has 17 heavy (non-hydrogen) atoms. The second-order valence-electron chi connectivity index (χ2n) is 4.23. The van der Waals surface area contributed by atoms with Crippen molar-refractivity contribution in [2.45, 2.75) is 18.9 Å². The Labute approximate surface area is 102 Å². The van der Waals surface area contributed by atoms with Crippen LogP contribution in [0.2, 0.25) is 0 Å². The minimum absolute atomic E-state index is 0.0752. The van der Waals surface area contributed by atoms with Gasteiger partial charge in [0.25, 0.3) is 0 Å². The number of nitrogens with zero attached hydrogens (tertiary/aromatic N) is 2. The molecule has 1 aliphatic rings. The van der Waals surface area contributed by atoms with E-state index < -0.39 is 10.0 Å². The Morgan fingerprint density at radius 2 is 2.35 bits per heavy atom. The molecule has 1 aromatic rings. The zero-order valence-electron chi connectivity index (χ0n) is 9.83. The maximum Gasteiger partial charge on any atom is 0.237 e. The fraction of sp³-hybridized carbons (Fsp3) is 0.545. The third kappa shape index (κ3) is 2.95. The average molecular weight is 255 g/mol. The molecule has 0 bridgehead atoms. The van der Waals surface area contributed by atoms with Crippen molar-refractivity contribution in [1.29, 1.82) is 0 Å². The first-order valence-electron chi connectivity index (χ1n) is 5.70. The van der Waals surface area contributed by atoms with Crippen molar-refractivity contribution in [3.05, 3.63) is 24.4 Å². The van der Waals surface area contributed by atoms with E-state index in [0.717, 1.165) is 19.4 Å². The van der Waals surface area contributed by atoms with Crippen LogP contribution in [0.1, 0.15) is 12.8 Å². The molecule has 0 radical (unpaired) electrons. The number of pyridine rings is 1. The molecule has 5 nitrogen and oxygen atoms in total. The highest BCUT2D eigenvalue weighted by atomic mass is 32.2. The van der Waals surface area contributed by atoms with Crippen LogP contribution in [0.25, 0.3) is 0 Å². The Balaban J connectivity index is 2.09. The van der Waals surface area contributed by atoms with E-state index in [1.54, 1.807) is 31.4 Å². The Morgan fingerprint density at radius 3 is 2.94 bits per heavy atom. The Morgan fingerprint density at radius 1 is 1.53 bits per heavy atom. The Hall–Kier alpha value is -1.14. The smallest absolute Gasteiger partial charge is 0.237 e. The lowest BCUT2D eigenvalue weighted by Gasteiger charge is -2.20. The zero-order valence-corrected chi connectivity index (χ0v) is 10.7. The van der Waals surface area contributed by atoms with Gasteiger partial charge in [-0.15, -0.1) is 0 Å². The summed E-state index contributed by atoms with van der Waals surface area (Å²) in [5.74, 6) is 0.602. The molecule has 0 aliphatic carbocycles. The highest BCUT2D eigenvalue weighted by Gasteiger charge is 2.26. The van der Waals surface area contributed by atoms with Crippen LogP contribution in [0.5, 0.6) is 0 Å². The van der Waals surface area contributed by atoms with Crippen molar-refractivity contribution in [3.63, 3.8) is 0 Å². The largest absolute Gasteiger partial charge is 0.313 e. The predicted molar refractivity (Wildman–Crippen MR) is 67.5 cm³/mol. The number of sulfonamides is 1. The number of hydrogen-bond donors (Lipinski definition) is 1. The monoisotopic (exact) mass is 255 g/mol. The molecule has 1 aromatic heterocycles. The summed E-state index contributed by atoms with van der Waals surface area (Å²) in [4.78, 5) is 4.05. The van der Waals surface area contributed by atoms with Gasteiger partial charge in [0, 0.05) is 19.3 Å². The molecule has 0 saturated carbocycles. The first kappa shape index (κ1) is 12.3. The van der Waals surface area contributed by atoms with Crippen molar-refractivity contribution >= 4 is 15.8 Å². The van der Waals surface area contributed by atoms with E-state index in [9.17, 15) is 8.42 Å². The Bertz CT molecular complexity index is 455. The highest BCUT2D eigenvalue weighted by Crippen LogP contribution is 2.15. The van der Waals surface area contributed by atoms with Crippen LogP contribution in [-0.4, -0.2) is 38.8 Å². The van der Waals surface area contributed by atoms with Crippen LogP contribution in [0.4, 0.5) is 5.82 Å². The average Bonchev–Trinajstić information content (AvgIpc) is 2.81. The summed E-state index contributed by atoms with van der Waals surface area (Å²) in [6.45, 7) is 0.910. The van der Waals surface area contributed by atoms with Gasteiger partial charge >= 0.3 is 0 Å². The van der Waals surface area contributed by atoms with Crippen molar-refractivity contribution in [3.8, 4) is 0 Å². The molecule has 1 fully saturated rings. The minimum atomic E-state index is -3.29. The van der Waals surface area contributed by atoms with E-state index in [2.05, 4.69) is 10.3 Å². The number of hydrogen-bond acceptors (Lipinski definition) is 4. The predicted octanol–water partition coefficient (Wildman–Crippen LogP) is 0.600. The molecular formula is C11H17N3O2S. The summed E-state index contributed by atoms with van der Waals surface area (Å²) in [5, 5.41) is 3.19. The lowest BCUT2D eigenvalue weighted by molar-refractivity contribution is 0.575. The number of anilines is 1. The van der Waals surface area contributed by atoms with Gasteiger partial charge in [-0.3, -0.25) is 4.31 Å². The molecule has 0 spiro atoms. The van der Waals surface area contributed by atoms with E-state index in [-0.39, 0.29) is 11.8 Å². The number of nitrogens with one attached hydrogen (secondary N) is 1. The number of rotatable bonds is 4. The van der Waals surface area contributed by atoms with Gasteiger partial charge in [0.05, 0.1) is 5.75 Å². The van der Waals surface area contributed by atoms with Crippen LogP contribution in [0.15, 0.2) is 24.4 Å². The van der Waals surface area contributed by atoms with E-state index in [4.69, 9.17) is 0 Å². The standard InChI is InChI=1S/C11H17N3O2S/c1-14(11-6-2-3-7-13-11)17(15,16)9-10-5-4-8-12-10/h2-3,6-7,10,12H,4-5,8-9H2,1H3. The van der Waals surface area contributed by atoms with Gasteiger partial charge < -0.3 is 5.32 Å². The molecule has 2 heterocycles. The second kappa shape index (κ2) is 5.01. The van der Waals surface area contributed by atoms with Crippen molar-refractivity contribution in [2.24, 2.45) is 0 Å². The normalized spacial score (nSPS) is 20.4. The van der Waals surface area contributed by atoms with E-state index in [0.29, 0.717) is 5.82 Å². The molecule has 1 unspecified atom stereocenters. The molecule has 1 saturated heterocycles. The lowest BCUT2D eigenvalue weighted by Crippen LogP contribution is -2.38. The van der Waals surface area contributed by atoms with Gasteiger partial charge in [-0.1, -0.05) is 6.07 Å². The highest BCUT2D eigenvalue weighted by molar-refractivity contribution is 7.92. The van der Waals surface area contributed by atoms with Crippen molar-refractivity contribution < 1.29 is 8.42 Å². The topological polar surface area (TPSA) is 62.3 Å². The first-order chi connectivity index (χ1) is 8.09.